The van der Waals surface area contributed by atoms with Crippen molar-refractivity contribution in [2.45, 2.75) is 13.3 Å². The van der Waals surface area contributed by atoms with Crippen LogP contribution < -0.4 is 5.73 Å². The highest BCUT2D eigenvalue weighted by Crippen LogP contribution is 2.17. The lowest BCUT2D eigenvalue weighted by Gasteiger charge is -1.92. The molecule has 0 atom stereocenters. The third kappa shape index (κ3) is 2.28. The summed E-state index contributed by atoms with van der Waals surface area (Å²) in [5.41, 5.74) is 7.59. The van der Waals surface area contributed by atoms with E-state index in [1.54, 1.807) is 6.21 Å². The van der Waals surface area contributed by atoms with E-state index in [0.717, 1.165) is 17.7 Å². The van der Waals surface area contributed by atoms with Crippen LogP contribution in [0.4, 0.5) is 11.8 Å². The highest BCUT2D eigenvalue weighted by molar-refractivity contribution is 5.81. The molecule has 0 saturated carbocycles. The molecule has 16 heavy (non-hydrogen) atoms. The molecule has 1 aromatic heterocycles. The van der Waals surface area contributed by atoms with Crippen molar-refractivity contribution in [3.8, 4) is 0 Å². The summed E-state index contributed by atoms with van der Waals surface area (Å²) in [4.78, 5) is 11.4. The molecule has 2 rings (SSSR count). The number of nitrogens with two attached hydrogens (primary N) is 1. The summed E-state index contributed by atoms with van der Waals surface area (Å²) in [6, 6.07) is 9.90. The standard InChI is InChI=1S/C12H14N4/c1-2-10-11(16-12(13)15-10)14-8-9-6-4-3-5-7-9/h3-8H,2H2,1H3,(H3,13,15,16). The predicted octanol–water partition coefficient (Wildman–Crippen LogP) is 2.30. The van der Waals surface area contributed by atoms with Gasteiger partial charge in [-0.2, -0.15) is 4.98 Å². The molecule has 0 saturated heterocycles. The number of nitrogens with one attached hydrogen (secondary N) is 1. The second kappa shape index (κ2) is 4.61. The Bertz CT molecular complexity index is 485. The lowest BCUT2D eigenvalue weighted by atomic mass is 10.2. The van der Waals surface area contributed by atoms with Gasteiger partial charge >= 0.3 is 0 Å². The number of nitrogens with zero attached hydrogens (tertiary/aromatic N) is 2. The van der Waals surface area contributed by atoms with Crippen LogP contribution in [0.1, 0.15) is 18.2 Å². The van der Waals surface area contributed by atoms with Crippen LogP contribution in [0.25, 0.3) is 0 Å². The molecule has 2 aromatic rings. The smallest absolute Gasteiger partial charge is 0.199 e. The van der Waals surface area contributed by atoms with E-state index in [2.05, 4.69) is 15.0 Å². The first-order valence-electron chi connectivity index (χ1n) is 5.23. The SMILES string of the molecule is CCc1[nH]c(N)nc1N=Cc1ccccc1. The van der Waals surface area contributed by atoms with E-state index < -0.39 is 0 Å². The summed E-state index contributed by atoms with van der Waals surface area (Å²) in [6.07, 6.45) is 2.63. The summed E-state index contributed by atoms with van der Waals surface area (Å²) in [5.74, 6) is 1.08. The van der Waals surface area contributed by atoms with E-state index >= 15 is 0 Å². The Kier molecular flexibility index (Phi) is 3.00. The van der Waals surface area contributed by atoms with Crippen LogP contribution in [0.5, 0.6) is 0 Å². The first-order valence-corrected chi connectivity index (χ1v) is 5.23. The Morgan fingerprint density at radius 3 is 2.81 bits per heavy atom. The van der Waals surface area contributed by atoms with Gasteiger partial charge in [-0.15, -0.1) is 0 Å². The van der Waals surface area contributed by atoms with Gasteiger partial charge in [-0.25, -0.2) is 4.99 Å². The minimum atomic E-state index is 0.414. The zero-order chi connectivity index (χ0) is 11.4. The number of imidazole rings is 1. The van der Waals surface area contributed by atoms with Gasteiger partial charge in [-0.3, -0.25) is 0 Å². The molecule has 3 N–H and O–H groups in total. The van der Waals surface area contributed by atoms with Crippen molar-refractivity contribution in [1.82, 2.24) is 9.97 Å². The molecule has 4 nitrogen and oxygen atoms in total. The molecule has 0 aliphatic carbocycles. The van der Waals surface area contributed by atoms with Gasteiger partial charge in [-0.1, -0.05) is 37.3 Å². The van der Waals surface area contributed by atoms with Crippen LogP contribution in [0.3, 0.4) is 0 Å². The van der Waals surface area contributed by atoms with Crippen molar-refractivity contribution in [2.24, 2.45) is 4.99 Å². The van der Waals surface area contributed by atoms with Gasteiger partial charge in [0.25, 0.3) is 0 Å². The third-order valence-corrected chi connectivity index (χ3v) is 2.26. The molecule has 0 amide bonds. The molecule has 82 valence electrons. The van der Waals surface area contributed by atoms with Crippen LogP contribution in [0.2, 0.25) is 0 Å². The zero-order valence-corrected chi connectivity index (χ0v) is 9.14. The number of aromatic amines is 1. The number of rotatable bonds is 3. The fourth-order valence-electron chi connectivity index (χ4n) is 1.45. The van der Waals surface area contributed by atoms with E-state index in [4.69, 9.17) is 5.73 Å². The normalized spacial score (nSPS) is 11.1. The number of aromatic nitrogens is 2. The number of benzene rings is 1. The maximum absolute atomic E-state index is 5.58. The number of hydrogen-bond acceptors (Lipinski definition) is 3. The Labute approximate surface area is 94.2 Å². The second-order valence-electron chi connectivity index (χ2n) is 3.45. The molecule has 1 heterocycles. The third-order valence-electron chi connectivity index (χ3n) is 2.26. The summed E-state index contributed by atoms with van der Waals surface area (Å²) in [5, 5.41) is 0. The first-order chi connectivity index (χ1) is 7.79. The number of H-pyrrole nitrogens is 1. The van der Waals surface area contributed by atoms with Gasteiger partial charge in [0.1, 0.15) is 0 Å². The average Bonchev–Trinajstić information content (AvgIpc) is 2.68. The second-order valence-corrected chi connectivity index (χ2v) is 3.45. The van der Waals surface area contributed by atoms with Gasteiger partial charge in [0.15, 0.2) is 11.8 Å². The van der Waals surface area contributed by atoms with E-state index in [0.29, 0.717) is 11.8 Å². The first kappa shape index (κ1) is 10.4. The monoisotopic (exact) mass is 214 g/mol. The summed E-state index contributed by atoms with van der Waals surface area (Å²) < 4.78 is 0. The molecule has 0 radical (unpaired) electrons. The molecule has 0 aliphatic heterocycles. The van der Waals surface area contributed by atoms with Gasteiger partial charge in [0.05, 0.1) is 5.69 Å². The Morgan fingerprint density at radius 1 is 1.38 bits per heavy atom. The molecule has 1 aromatic carbocycles. The van der Waals surface area contributed by atoms with Crippen LogP contribution in [-0.4, -0.2) is 16.2 Å². The lowest BCUT2D eigenvalue weighted by molar-refractivity contribution is 1.06. The van der Waals surface area contributed by atoms with E-state index in [9.17, 15) is 0 Å². The van der Waals surface area contributed by atoms with E-state index in [-0.39, 0.29) is 0 Å². The zero-order valence-electron chi connectivity index (χ0n) is 9.14. The van der Waals surface area contributed by atoms with Gasteiger partial charge in [0.2, 0.25) is 0 Å². The largest absolute Gasteiger partial charge is 0.369 e. The number of aliphatic imine (C=N–C) groups is 1. The van der Waals surface area contributed by atoms with E-state index in [1.807, 2.05) is 37.3 Å². The number of anilines is 1. The quantitative estimate of drug-likeness (QED) is 0.770. The van der Waals surface area contributed by atoms with Crippen LogP contribution in [-0.2, 0) is 6.42 Å². The van der Waals surface area contributed by atoms with Crippen molar-refractivity contribution < 1.29 is 0 Å². The van der Waals surface area contributed by atoms with E-state index in [1.165, 1.54) is 0 Å². The Balaban J connectivity index is 2.23. The van der Waals surface area contributed by atoms with Crippen LogP contribution in [0, 0.1) is 0 Å². The highest BCUT2D eigenvalue weighted by Gasteiger charge is 2.03. The number of hydrogen-bond donors (Lipinski definition) is 2. The number of nitrogen functional groups attached to an aromatic ring is 1. The molecule has 4 heteroatoms. The fourth-order valence-corrected chi connectivity index (χ4v) is 1.45. The predicted molar refractivity (Wildman–Crippen MR) is 66.1 cm³/mol. The molecule has 0 fully saturated rings. The van der Waals surface area contributed by atoms with Gasteiger partial charge in [0, 0.05) is 6.21 Å². The highest BCUT2D eigenvalue weighted by atomic mass is 15.1. The summed E-state index contributed by atoms with van der Waals surface area (Å²) in [7, 11) is 0. The van der Waals surface area contributed by atoms with Crippen molar-refractivity contribution >= 4 is 18.0 Å². The maximum Gasteiger partial charge on any atom is 0.199 e. The maximum atomic E-state index is 5.58. The van der Waals surface area contributed by atoms with Crippen LogP contribution >= 0.6 is 0 Å². The topological polar surface area (TPSA) is 67.1 Å². The minimum absolute atomic E-state index is 0.414. The minimum Gasteiger partial charge on any atom is -0.369 e. The van der Waals surface area contributed by atoms with Crippen molar-refractivity contribution in [3.05, 3.63) is 41.6 Å². The van der Waals surface area contributed by atoms with Crippen molar-refractivity contribution in [2.75, 3.05) is 5.73 Å². The number of aryl methyl sites for hydroxylation is 1. The van der Waals surface area contributed by atoms with Crippen molar-refractivity contribution in [1.29, 1.82) is 0 Å². The fraction of sp³-hybridized carbons (Fsp3) is 0.167. The summed E-state index contributed by atoms with van der Waals surface area (Å²) in [6.45, 7) is 2.04. The molecule has 0 spiro atoms. The Hall–Kier alpha value is -2.10. The molecular weight excluding hydrogens is 200 g/mol. The molecule has 0 bridgehead atoms. The molecule has 0 aliphatic rings. The Morgan fingerprint density at radius 2 is 2.12 bits per heavy atom. The lowest BCUT2D eigenvalue weighted by Crippen LogP contribution is -1.85. The molecule has 0 unspecified atom stereocenters. The van der Waals surface area contributed by atoms with Gasteiger partial charge in [-0.05, 0) is 12.0 Å². The average molecular weight is 214 g/mol. The van der Waals surface area contributed by atoms with Crippen LogP contribution in [0.15, 0.2) is 35.3 Å². The van der Waals surface area contributed by atoms with Gasteiger partial charge < -0.3 is 10.7 Å². The molecular formula is C12H14N4. The summed E-state index contributed by atoms with van der Waals surface area (Å²) >= 11 is 0. The van der Waals surface area contributed by atoms with Crippen molar-refractivity contribution in [3.63, 3.8) is 0 Å².